The summed E-state index contributed by atoms with van der Waals surface area (Å²) < 4.78 is 35.6. The average molecular weight is 247 g/mol. The van der Waals surface area contributed by atoms with Gasteiger partial charge in [-0.15, -0.1) is 0 Å². The number of anilines is 2. The zero-order chi connectivity index (χ0) is 12.9. The van der Waals surface area contributed by atoms with Crippen molar-refractivity contribution in [3.05, 3.63) is 17.8 Å². The molecule has 0 aliphatic rings. The number of halogens is 3. The van der Waals surface area contributed by atoms with Crippen LogP contribution in [0.25, 0.3) is 0 Å². The third-order valence-electron chi connectivity index (χ3n) is 2.23. The van der Waals surface area contributed by atoms with Crippen LogP contribution >= 0.6 is 0 Å². The summed E-state index contributed by atoms with van der Waals surface area (Å²) in [4.78, 5) is 4.07. The number of rotatable bonds is 5. The van der Waals surface area contributed by atoms with Crippen LogP contribution < -0.4 is 11.1 Å². The van der Waals surface area contributed by atoms with E-state index in [4.69, 9.17) is 5.73 Å². The van der Waals surface area contributed by atoms with Gasteiger partial charge in [0.25, 0.3) is 0 Å². The summed E-state index contributed by atoms with van der Waals surface area (Å²) in [5, 5.41) is 2.92. The van der Waals surface area contributed by atoms with Gasteiger partial charge in [-0.2, -0.15) is 13.2 Å². The second-order valence-corrected chi connectivity index (χ2v) is 3.95. The van der Waals surface area contributed by atoms with Crippen molar-refractivity contribution in [2.24, 2.45) is 0 Å². The maximum Gasteiger partial charge on any atom is 0.389 e. The van der Waals surface area contributed by atoms with Gasteiger partial charge in [-0.1, -0.05) is 0 Å². The largest absolute Gasteiger partial charge is 0.396 e. The van der Waals surface area contributed by atoms with Crippen molar-refractivity contribution in [3.63, 3.8) is 0 Å². The first-order valence-electron chi connectivity index (χ1n) is 5.41. The molecule has 0 aliphatic heterocycles. The number of hydrogen-bond acceptors (Lipinski definition) is 3. The number of aryl methyl sites for hydroxylation is 1. The standard InChI is InChI=1S/C11H16F3N3/c1-8-6-9(15)10(17-7-8)16-5-3-2-4-11(12,13)14/h6-7H,2-5,15H2,1H3,(H,16,17). The van der Waals surface area contributed by atoms with Gasteiger partial charge in [0.15, 0.2) is 0 Å². The van der Waals surface area contributed by atoms with Crippen LogP contribution in [0.2, 0.25) is 0 Å². The van der Waals surface area contributed by atoms with Gasteiger partial charge in [0, 0.05) is 19.2 Å². The van der Waals surface area contributed by atoms with Gasteiger partial charge in [0.2, 0.25) is 0 Å². The molecule has 0 saturated heterocycles. The van der Waals surface area contributed by atoms with E-state index >= 15 is 0 Å². The van der Waals surface area contributed by atoms with Crippen LogP contribution in [0.4, 0.5) is 24.7 Å². The number of nitrogen functional groups attached to an aromatic ring is 1. The quantitative estimate of drug-likeness (QED) is 0.786. The molecule has 3 N–H and O–H groups in total. The lowest BCUT2D eigenvalue weighted by Gasteiger charge is -2.09. The van der Waals surface area contributed by atoms with E-state index in [2.05, 4.69) is 10.3 Å². The van der Waals surface area contributed by atoms with E-state index in [1.54, 1.807) is 12.3 Å². The molecule has 0 bridgehead atoms. The first-order chi connectivity index (χ1) is 7.88. The summed E-state index contributed by atoms with van der Waals surface area (Å²) >= 11 is 0. The average Bonchev–Trinajstić information content (AvgIpc) is 2.18. The summed E-state index contributed by atoms with van der Waals surface area (Å²) in [6, 6.07) is 1.77. The number of hydrogen-bond donors (Lipinski definition) is 2. The maximum atomic E-state index is 11.9. The number of nitrogens with zero attached hydrogens (tertiary/aromatic N) is 1. The highest BCUT2D eigenvalue weighted by Crippen LogP contribution is 2.22. The number of pyridine rings is 1. The Morgan fingerprint density at radius 3 is 2.65 bits per heavy atom. The molecule has 0 atom stereocenters. The van der Waals surface area contributed by atoms with Gasteiger partial charge in [-0.3, -0.25) is 0 Å². The Labute approximate surface area is 98.2 Å². The first-order valence-corrected chi connectivity index (χ1v) is 5.41. The Morgan fingerprint density at radius 1 is 1.35 bits per heavy atom. The van der Waals surface area contributed by atoms with Crippen LogP contribution in [-0.2, 0) is 0 Å². The highest BCUT2D eigenvalue weighted by molar-refractivity contribution is 5.61. The van der Waals surface area contributed by atoms with E-state index in [1.165, 1.54) is 0 Å². The zero-order valence-corrected chi connectivity index (χ0v) is 9.64. The van der Waals surface area contributed by atoms with E-state index in [0.717, 1.165) is 5.56 Å². The van der Waals surface area contributed by atoms with E-state index in [0.29, 0.717) is 24.5 Å². The summed E-state index contributed by atoms with van der Waals surface area (Å²) in [5.41, 5.74) is 7.16. The fourth-order valence-corrected chi connectivity index (χ4v) is 1.40. The Bertz CT molecular complexity index is 363. The Hall–Kier alpha value is -1.46. The third kappa shape index (κ3) is 5.42. The summed E-state index contributed by atoms with van der Waals surface area (Å²) in [5.74, 6) is 0.530. The van der Waals surface area contributed by atoms with Crippen molar-refractivity contribution in [2.75, 3.05) is 17.6 Å². The van der Waals surface area contributed by atoms with Crippen LogP contribution in [0, 0.1) is 6.92 Å². The second kappa shape index (κ2) is 5.75. The van der Waals surface area contributed by atoms with Gasteiger partial charge < -0.3 is 11.1 Å². The van der Waals surface area contributed by atoms with Crippen LogP contribution in [0.3, 0.4) is 0 Å². The molecule has 0 fully saturated rings. The van der Waals surface area contributed by atoms with E-state index in [9.17, 15) is 13.2 Å². The molecule has 1 heterocycles. The lowest BCUT2D eigenvalue weighted by Crippen LogP contribution is -2.10. The Morgan fingerprint density at radius 2 is 2.06 bits per heavy atom. The molecule has 96 valence electrons. The predicted octanol–water partition coefficient (Wildman–Crippen LogP) is 3.12. The molecule has 3 nitrogen and oxygen atoms in total. The molecule has 1 aromatic heterocycles. The molecule has 0 aliphatic carbocycles. The lowest BCUT2D eigenvalue weighted by molar-refractivity contribution is -0.135. The van der Waals surface area contributed by atoms with Crippen molar-refractivity contribution in [2.45, 2.75) is 32.4 Å². The predicted molar refractivity (Wildman–Crippen MR) is 61.8 cm³/mol. The lowest BCUT2D eigenvalue weighted by atomic mass is 10.2. The zero-order valence-electron chi connectivity index (χ0n) is 9.64. The molecule has 0 radical (unpaired) electrons. The molecule has 1 aromatic rings. The topological polar surface area (TPSA) is 50.9 Å². The summed E-state index contributed by atoms with van der Waals surface area (Å²) in [6.07, 6.45) is -2.60. The number of aromatic nitrogens is 1. The van der Waals surface area contributed by atoms with Crippen LogP contribution in [-0.4, -0.2) is 17.7 Å². The monoisotopic (exact) mass is 247 g/mol. The van der Waals surface area contributed by atoms with Crippen LogP contribution in [0.1, 0.15) is 24.8 Å². The first kappa shape index (κ1) is 13.6. The van der Waals surface area contributed by atoms with Crippen LogP contribution in [0.15, 0.2) is 12.3 Å². The van der Waals surface area contributed by atoms with Gasteiger partial charge in [0.05, 0.1) is 5.69 Å². The third-order valence-corrected chi connectivity index (χ3v) is 2.23. The maximum absolute atomic E-state index is 11.9. The van der Waals surface area contributed by atoms with Crippen molar-refractivity contribution < 1.29 is 13.2 Å². The molecule has 0 spiro atoms. The summed E-state index contributed by atoms with van der Waals surface area (Å²) in [6.45, 7) is 2.31. The summed E-state index contributed by atoms with van der Waals surface area (Å²) in [7, 11) is 0. The smallest absolute Gasteiger partial charge is 0.389 e. The molecule has 6 heteroatoms. The molecular weight excluding hydrogens is 231 g/mol. The van der Waals surface area contributed by atoms with Gasteiger partial charge in [-0.05, 0) is 31.4 Å². The fraction of sp³-hybridized carbons (Fsp3) is 0.545. The molecule has 0 saturated carbocycles. The van der Waals surface area contributed by atoms with Gasteiger partial charge >= 0.3 is 6.18 Å². The fourth-order valence-electron chi connectivity index (χ4n) is 1.40. The van der Waals surface area contributed by atoms with Gasteiger partial charge in [-0.25, -0.2) is 4.98 Å². The number of nitrogens with one attached hydrogen (secondary N) is 1. The minimum absolute atomic E-state index is 0.113. The van der Waals surface area contributed by atoms with Crippen molar-refractivity contribution in [3.8, 4) is 0 Å². The van der Waals surface area contributed by atoms with E-state index in [1.807, 2.05) is 6.92 Å². The number of nitrogens with two attached hydrogens (primary N) is 1. The Balaban J connectivity index is 2.27. The van der Waals surface area contributed by atoms with E-state index in [-0.39, 0.29) is 6.42 Å². The normalized spacial score (nSPS) is 11.5. The van der Waals surface area contributed by atoms with E-state index < -0.39 is 12.6 Å². The highest BCUT2D eigenvalue weighted by Gasteiger charge is 2.25. The molecule has 0 amide bonds. The van der Waals surface area contributed by atoms with Crippen molar-refractivity contribution >= 4 is 11.5 Å². The molecule has 1 rings (SSSR count). The van der Waals surface area contributed by atoms with Crippen LogP contribution in [0.5, 0.6) is 0 Å². The molecule has 17 heavy (non-hydrogen) atoms. The SMILES string of the molecule is Cc1cnc(NCCCCC(F)(F)F)c(N)c1. The van der Waals surface area contributed by atoms with Crippen molar-refractivity contribution in [1.29, 1.82) is 0 Å². The minimum Gasteiger partial charge on any atom is -0.396 e. The minimum atomic E-state index is -4.07. The molecule has 0 aromatic carbocycles. The molecular formula is C11H16F3N3. The van der Waals surface area contributed by atoms with Gasteiger partial charge in [0.1, 0.15) is 5.82 Å². The van der Waals surface area contributed by atoms with Crippen molar-refractivity contribution in [1.82, 2.24) is 4.98 Å². The highest BCUT2D eigenvalue weighted by atomic mass is 19.4. The molecule has 0 unspecified atom stereocenters. The Kier molecular flexibility index (Phi) is 4.60. The number of alkyl halides is 3. The second-order valence-electron chi connectivity index (χ2n) is 3.95. The number of unbranched alkanes of at least 4 members (excludes halogenated alkanes) is 1.